The minimum absolute atomic E-state index is 0.171. The second-order valence-corrected chi connectivity index (χ2v) is 5.57. The zero-order valence-corrected chi connectivity index (χ0v) is 11.9. The Hall–Kier alpha value is -1.16. The van der Waals surface area contributed by atoms with Crippen LogP contribution in [-0.2, 0) is 0 Å². The van der Waals surface area contributed by atoms with Crippen LogP contribution in [0.15, 0.2) is 36.4 Å². The molecule has 0 amide bonds. The maximum atomic E-state index is 9.81. The second-order valence-electron chi connectivity index (χ2n) is 5.57. The molecule has 104 valence electrons. The highest BCUT2D eigenvalue weighted by Gasteiger charge is 2.29. The Balaban J connectivity index is 1.88. The zero-order valence-electron chi connectivity index (χ0n) is 11.9. The maximum absolute atomic E-state index is 9.81. The summed E-state index contributed by atoms with van der Waals surface area (Å²) in [5, 5.41) is 9.81. The third-order valence-electron chi connectivity index (χ3n) is 3.53. The van der Waals surface area contributed by atoms with Gasteiger partial charge >= 0.3 is 0 Å². The van der Waals surface area contributed by atoms with E-state index in [0.29, 0.717) is 6.04 Å². The lowest BCUT2D eigenvalue weighted by molar-refractivity contribution is 0.178. The highest BCUT2D eigenvalue weighted by Crippen LogP contribution is 2.18. The third-order valence-corrected chi connectivity index (χ3v) is 3.53. The predicted octanol–water partition coefficient (Wildman–Crippen LogP) is 1.70. The van der Waals surface area contributed by atoms with E-state index in [0.717, 1.165) is 26.1 Å². The van der Waals surface area contributed by atoms with Crippen LogP contribution in [0, 0.1) is 0 Å². The summed E-state index contributed by atoms with van der Waals surface area (Å²) in [6.07, 6.45) is 5.06. The standard InChI is InChI=1S/C16H24N2O/c1-17(2)12-15-11-16(19)13-18(15)10-6-9-14-7-4-3-5-8-14/h3-9,15-16,19H,10-13H2,1-2H3. The third kappa shape index (κ3) is 4.46. The Morgan fingerprint density at radius 2 is 2.05 bits per heavy atom. The summed E-state index contributed by atoms with van der Waals surface area (Å²) in [4.78, 5) is 4.56. The van der Waals surface area contributed by atoms with Gasteiger partial charge in [-0.05, 0) is 26.1 Å². The van der Waals surface area contributed by atoms with Crippen molar-refractivity contribution in [2.24, 2.45) is 0 Å². The van der Waals surface area contributed by atoms with Crippen molar-refractivity contribution in [2.75, 3.05) is 33.7 Å². The topological polar surface area (TPSA) is 26.7 Å². The molecule has 3 nitrogen and oxygen atoms in total. The molecule has 0 aliphatic carbocycles. The molecule has 1 aromatic rings. The van der Waals surface area contributed by atoms with Crippen molar-refractivity contribution in [3.63, 3.8) is 0 Å². The Morgan fingerprint density at radius 3 is 2.74 bits per heavy atom. The van der Waals surface area contributed by atoms with Crippen molar-refractivity contribution < 1.29 is 5.11 Å². The predicted molar refractivity (Wildman–Crippen MR) is 80.0 cm³/mol. The summed E-state index contributed by atoms with van der Waals surface area (Å²) in [7, 11) is 4.17. The summed E-state index contributed by atoms with van der Waals surface area (Å²) in [6, 6.07) is 10.8. The van der Waals surface area contributed by atoms with Crippen molar-refractivity contribution in [1.82, 2.24) is 9.80 Å². The molecule has 0 radical (unpaired) electrons. The van der Waals surface area contributed by atoms with E-state index in [1.807, 2.05) is 18.2 Å². The molecule has 1 aliphatic rings. The van der Waals surface area contributed by atoms with Gasteiger partial charge in [0.2, 0.25) is 0 Å². The van der Waals surface area contributed by atoms with Crippen molar-refractivity contribution in [2.45, 2.75) is 18.6 Å². The number of aliphatic hydroxyl groups excluding tert-OH is 1. The van der Waals surface area contributed by atoms with Crippen LogP contribution < -0.4 is 0 Å². The summed E-state index contributed by atoms with van der Waals surface area (Å²) in [6.45, 7) is 2.71. The van der Waals surface area contributed by atoms with Crippen molar-refractivity contribution in [3.8, 4) is 0 Å². The molecule has 19 heavy (non-hydrogen) atoms. The lowest BCUT2D eigenvalue weighted by atomic mass is 10.2. The molecule has 1 N–H and O–H groups in total. The van der Waals surface area contributed by atoms with E-state index >= 15 is 0 Å². The van der Waals surface area contributed by atoms with Crippen molar-refractivity contribution >= 4 is 6.08 Å². The van der Waals surface area contributed by atoms with Gasteiger partial charge in [-0.2, -0.15) is 0 Å². The van der Waals surface area contributed by atoms with Gasteiger partial charge in [0.25, 0.3) is 0 Å². The molecule has 1 heterocycles. The van der Waals surface area contributed by atoms with Crippen LogP contribution in [0.25, 0.3) is 6.08 Å². The van der Waals surface area contributed by atoms with Crippen molar-refractivity contribution in [1.29, 1.82) is 0 Å². The van der Waals surface area contributed by atoms with E-state index in [-0.39, 0.29) is 6.10 Å². The Kier molecular flexibility index (Phi) is 5.14. The zero-order chi connectivity index (χ0) is 13.7. The Labute approximate surface area is 116 Å². The van der Waals surface area contributed by atoms with Gasteiger partial charge in [0.05, 0.1) is 6.10 Å². The molecule has 1 fully saturated rings. The lowest BCUT2D eigenvalue weighted by Crippen LogP contribution is -2.37. The number of nitrogens with zero attached hydrogens (tertiary/aromatic N) is 2. The number of hydrogen-bond acceptors (Lipinski definition) is 3. The van der Waals surface area contributed by atoms with Crippen LogP contribution >= 0.6 is 0 Å². The Bertz CT molecular complexity index is 402. The fourth-order valence-corrected chi connectivity index (χ4v) is 2.68. The number of likely N-dealkylation sites (N-methyl/N-ethyl adjacent to an activating group) is 1. The summed E-state index contributed by atoms with van der Waals surface area (Å²) in [5.41, 5.74) is 1.23. The monoisotopic (exact) mass is 260 g/mol. The number of β-amino-alcohol motifs (C(OH)–C–C–N with tert-alkyl or cyclic N) is 1. The molecule has 2 atom stereocenters. The number of benzene rings is 1. The molecule has 0 spiro atoms. The number of likely N-dealkylation sites (tertiary alicyclic amines) is 1. The van der Waals surface area contributed by atoms with Gasteiger partial charge in [0, 0.05) is 25.7 Å². The van der Waals surface area contributed by atoms with Crippen molar-refractivity contribution in [3.05, 3.63) is 42.0 Å². The average Bonchev–Trinajstić information content (AvgIpc) is 2.70. The van der Waals surface area contributed by atoms with Crippen LogP contribution in [0.1, 0.15) is 12.0 Å². The van der Waals surface area contributed by atoms with Gasteiger partial charge in [0.1, 0.15) is 0 Å². The van der Waals surface area contributed by atoms with Crippen LogP contribution in [0.3, 0.4) is 0 Å². The fraction of sp³-hybridized carbons (Fsp3) is 0.500. The molecular formula is C16H24N2O. The molecule has 2 rings (SSSR count). The molecule has 1 saturated heterocycles. The van der Waals surface area contributed by atoms with Crippen LogP contribution in [0.5, 0.6) is 0 Å². The first-order valence-electron chi connectivity index (χ1n) is 6.93. The molecule has 0 saturated carbocycles. The summed E-state index contributed by atoms with van der Waals surface area (Å²) < 4.78 is 0. The minimum atomic E-state index is -0.171. The first-order chi connectivity index (χ1) is 9.15. The molecule has 0 bridgehead atoms. The normalized spacial score (nSPS) is 24.6. The smallest absolute Gasteiger partial charge is 0.0682 e. The van der Waals surface area contributed by atoms with Gasteiger partial charge in [-0.25, -0.2) is 0 Å². The van der Waals surface area contributed by atoms with Gasteiger partial charge < -0.3 is 10.0 Å². The molecule has 1 aromatic carbocycles. The number of aliphatic hydroxyl groups is 1. The molecule has 0 aromatic heterocycles. The largest absolute Gasteiger partial charge is 0.392 e. The van der Waals surface area contributed by atoms with Gasteiger partial charge in [-0.1, -0.05) is 42.5 Å². The van der Waals surface area contributed by atoms with Crippen LogP contribution in [0.4, 0.5) is 0 Å². The lowest BCUT2D eigenvalue weighted by Gasteiger charge is -2.25. The molecule has 2 unspecified atom stereocenters. The van der Waals surface area contributed by atoms with E-state index in [1.54, 1.807) is 0 Å². The second kappa shape index (κ2) is 6.85. The van der Waals surface area contributed by atoms with Gasteiger partial charge in [-0.3, -0.25) is 4.90 Å². The average molecular weight is 260 g/mol. The summed E-state index contributed by atoms with van der Waals surface area (Å²) in [5.74, 6) is 0. The van der Waals surface area contributed by atoms with E-state index in [2.05, 4.69) is 48.2 Å². The van der Waals surface area contributed by atoms with E-state index in [9.17, 15) is 5.11 Å². The van der Waals surface area contributed by atoms with Crippen LogP contribution in [-0.4, -0.2) is 60.8 Å². The first kappa shape index (κ1) is 14.3. The van der Waals surface area contributed by atoms with Crippen LogP contribution in [0.2, 0.25) is 0 Å². The highest BCUT2D eigenvalue weighted by molar-refractivity contribution is 5.48. The van der Waals surface area contributed by atoms with E-state index < -0.39 is 0 Å². The SMILES string of the molecule is CN(C)CC1CC(O)CN1CC=Cc1ccccc1. The van der Waals surface area contributed by atoms with E-state index in [4.69, 9.17) is 0 Å². The fourth-order valence-electron chi connectivity index (χ4n) is 2.68. The molecular weight excluding hydrogens is 236 g/mol. The quantitative estimate of drug-likeness (QED) is 0.873. The minimum Gasteiger partial charge on any atom is -0.392 e. The maximum Gasteiger partial charge on any atom is 0.0682 e. The first-order valence-corrected chi connectivity index (χ1v) is 6.93. The molecule has 3 heteroatoms. The number of rotatable bonds is 5. The summed E-state index contributed by atoms with van der Waals surface area (Å²) >= 11 is 0. The Morgan fingerprint density at radius 1 is 1.32 bits per heavy atom. The van der Waals surface area contributed by atoms with Gasteiger partial charge in [0.15, 0.2) is 0 Å². The molecule has 1 aliphatic heterocycles. The number of hydrogen-bond donors (Lipinski definition) is 1. The van der Waals surface area contributed by atoms with E-state index in [1.165, 1.54) is 5.56 Å². The van der Waals surface area contributed by atoms with Gasteiger partial charge in [-0.15, -0.1) is 0 Å². The highest BCUT2D eigenvalue weighted by atomic mass is 16.3.